The number of rotatable bonds is 7. The number of likely N-dealkylation sites (N-methyl/N-ethyl adjacent to an activating group) is 1. The highest BCUT2D eigenvalue weighted by molar-refractivity contribution is 8.00. The molecule has 0 aliphatic rings. The lowest BCUT2D eigenvalue weighted by Crippen LogP contribution is -2.32. The van der Waals surface area contributed by atoms with E-state index in [0.29, 0.717) is 18.9 Å². The van der Waals surface area contributed by atoms with Crippen molar-refractivity contribution in [1.29, 1.82) is 0 Å². The van der Waals surface area contributed by atoms with Crippen molar-refractivity contribution < 1.29 is 9.53 Å². The Morgan fingerprint density at radius 1 is 1.09 bits per heavy atom. The zero-order chi connectivity index (χ0) is 15.8. The predicted molar refractivity (Wildman–Crippen MR) is 91.5 cm³/mol. The quantitative estimate of drug-likeness (QED) is 0.731. The van der Waals surface area contributed by atoms with Crippen molar-refractivity contribution in [2.45, 2.75) is 11.8 Å². The van der Waals surface area contributed by atoms with Crippen LogP contribution in [0.5, 0.6) is 5.75 Å². The molecule has 0 aliphatic heterocycles. The predicted octanol–water partition coefficient (Wildman–Crippen LogP) is 3.62. The molecule has 0 atom stereocenters. The maximum atomic E-state index is 12.1. The number of para-hydroxylation sites is 1. The maximum absolute atomic E-state index is 12.1. The first-order chi connectivity index (χ1) is 10.7. The molecule has 1 amide bonds. The summed E-state index contributed by atoms with van der Waals surface area (Å²) >= 11 is 1.58. The van der Waals surface area contributed by atoms with Crippen LogP contribution in [0.15, 0.2) is 59.5 Å². The molecule has 0 saturated heterocycles. The Morgan fingerprint density at radius 2 is 1.77 bits per heavy atom. The molecule has 0 bridgehead atoms. The molecule has 3 nitrogen and oxygen atoms in total. The van der Waals surface area contributed by atoms with Crippen LogP contribution in [-0.4, -0.2) is 36.8 Å². The van der Waals surface area contributed by atoms with Gasteiger partial charge < -0.3 is 9.64 Å². The van der Waals surface area contributed by atoms with Gasteiger partial charge in [-0.25, -0.2) is 0 Å². The van der Waals surface area contributed by atoms with Crippen LogP contribution >= 0.6 is 11.8 Å². The Hall–Kier alpha value is -1.94. The van der Waals surface area contributed by atoms with Gasteiger partial charge in [-0.15, -0.1) is 11.8 Å². The number of nitrogens with zero attached hydrogens (tertiary/aromatic N) is 1. The van der Waals surface area contributed by atoms with Gasteiger partial charge in [-0.3, -0.25) is 4.79 Å². The standard InChI is InChI=1S/C18H21NO2S/c1-15-8-6-7-11-17(15)22-14-18(20)19(2)12-13-21-16-9-4-3-5-10-16/h3-11H,12-14H2,1-2H3. The maximum Gasteiger partial charge on any atom is 0.232 e. The molecular weight excluding hydrogens is 294 g/mol. The smallest absolute Gasteiger partial charge is 0.232 e. The van der Waals surface area contributed by atoms with E-state index in [1.165, 1.54) is 5.56 Å². The van der Waals surface area contributed by atoms with Gasteiger partial charge in [-0.1, -0.05) is 36.4 Å². The number of thioether (sulfide) groups is 1. The average Bonchev–Trinajstić information content (AvgIpc) is 2.54. The van der Waals surface area contributed by atoms with Crippen molar-refractivity contribution in [1.82, 2.24) is 4.90 Å². The molecule has 0 saturated carbocycles. The Bertz CT molecular complexity index is 601. The van der Waals surface area contributed by atoms with Crippen molar-refractivity contribution in [3.63, 3.8) is 0 Å². The molecule has 0 aromatic heterocycles. The van der Waals surface area contributed by atoms with E-state index in [-0.39, 0.29) is 5.91 Å². The SMILES string of the molecule is Cc1ccccc1SCC(=O)N(C)CCOc1ccccc1. The topological polar surface area (TPSA) is 29.5 Å². The van der Waals surface area contributed by atoms with E-state index < -0.39 is 0 Å². The molecule has 0 unspecified atom stereocenters. The van der Waals surface area contributed by atoms with Gasteiger partial charge in [-0.2, -0.15) is 0 Å². The Balaban J connectivity index is 1.72. The van der Waals surface area contributed by atoms with Crippen LogP contribution in [0.25, 0.3) is 0 Å². The fraction of sp³-hybridized carbons (Fsp3) is 0.278. The zero-order valence-corrected chi connectivity index (χ0v) is 13.8. The molecular formula is C18H21NO2S. The lowest BCUT2D eigenvalue weighted by molar-refractivity contribution is -0.127. The van der Waals surface area contributed by atoms with Crippen LogP contribution in [0.1, 0.15) is 5.56 Å². The van der Waals surface area contributed by atoms with Gasteiger partial charge in [0.15, 0.2) is 0 Å². The zero-order valence-electron chi connectivity index (χ0n) is 13.0. The molecule has 2 aromatic carbocycles. The van der Waals surface area contributed by atoms with Gasteiger partial charge >= 0.3 is 0 Å². The van der Waals surface area contributed by atoms with Crippen molar-refractivity contribution in [2.24, 2.45) is 0 Å². The van der Waals surface area contributed by atoms with Gasteiger partial charge in [0.1, 0.15) is 12.4 Å². The van der Waals surface area contributed by atoms with Gasteiger partial charge in [0.2, 0.25) is 5.91 Å². The number of carbonyl (C=O) groups excluding carboxylic acids is 1. The molecule has 2 rings (SSSR count). The molecule has 0 fully saturated rings. The molecule has 2 aromatic rings. The fourth-order valence-corrected chi connectivity index (χ4v) is 2.88. The lowest BCUT2D eigenvalue weighted by Gasteiger charge is -2.17. The van der Waals surface area contributed by atoms with Crippen LogP contribution < -0.4 is 4.74 Å². The van der Waals surface area contributed by atoms with E-state index >= 15 is 0 Å². The summed E-state index contributed by atoms with van der Waals surface area (Å²) in [5, 5.41) is 0. The summed E-state index contributed by atoms with van der Waals surface area (Å²) in [5.74, 6) is 1.40. The first kappa shape index (κ1) is 16.4. The minimum atomic E-state index is 0.116. The van der Waals surface area contributed by atoms with E-state index in [0.717, 1.165) is 10.6 Å². The molecule has 0 N–H and O–H groups in total. The summed E-state index contributed by atoms with van der Waals surface area (Å²) in [6.07, 6.45) is 0. The minimum absolute atomic E-state index is 0.116. The second kappa shape index (κ2) is 8.49. The monoisotopic (exact) mass is 315 g/mol. The fourth-order valence-electron chi connectivity index (χ4n) is 1.91. The second-order valence-electron chi connectivity index (χ2n) is 5.03. The third-order valence-corrected chi connectivity index (χ3v) is 4.47. The number of ether oxygens (including phenoxy) is 1. The van der Waals surface area contributed by atoms with Crippen molar-refractivity contribution in [3.05, 3.63) is 60.2 Å². The molecule has 22 heavy (non-hydrogen) atoms. The van der Waals surface area contributed by atoms with E-state index in [2.05, 4.69) is 13.0 Å². The number of aryl methyl sites for hydroxylation is 1. The van der Waals surface area contributed by atoms with Gasteiger partial charge in [0.05, 0.1) is 12.3 Å². The van der Waals surface area contributed by atoms with Crippen LogP contribution in [0.4, 0.5) is 0 Å². The number of amides is 1. The molecule has 0 radical (unpaired) electrons. The molecule has 0 aliphatic carbocycles. The molecule has 116 valence electrons. The third kappa shape index (κ3) is 5.11. The summed E-state index contributed by atoms with van der Waals surface area (Å²) in [6, 6.07) is 17.8. The van der Waals surface area contributed by atoms with Gasteiger partial charge in [0, 0.05) is 11.9 Å². The highest BCUT2D eigenvalue weighted by atomic mass is 32.2. The number of benzene rings is 2. The summed E-state index contributed by atoms with van der Waals surface area (Å²) in [4.78, 5) is 15.0. The highest BCUT2D eigenvalue weighted by Gasteiger charge is 2.10. The van der Waals surface area contributed by atoms with E-state index in [9.17, 15) is 4.79 Å². The largest absolute Gasteiger partial charge is 0.492 e. The van der Waals surface area contributed by atoms with E-state index in [1.807, 2.05) is 55.6 Å². The summed E-state index contributed by atoms with van der Waals surface area (Å²) in [5.41, 5.74) is 1.20. The van der Waals surface area contributed by atoms with Crippen LogP contribution in [-0.2, 0) is 4.79 Å². The molecule has 0 heterocycles. The Morgan fingerprint density at radius 3 is 2.50 bits per heavy atom. The normalized spacial score (nSPS) is 10.3. The first-order valence-electron chi connectivity index (χ1n) is 7.27. The third-order valence-electron chi connectivity index (χ3n) is 3.31. The van der Waals surface area contributed by atoms with Crippen LogP contribution in [0.2, 0.25) is 0 Å². The lowest BCUT2D eigenvalue weighted by atomic mass is 10.2. The van der Waals surface area contributed by atoms with Gasteiger partial charge in [0.25, 0.3) is 0 Å². The average molecular weight is 315 g/mol. The van der Waals surface area contributed by atoms with Crippen molar-refractivity contribution >= 4 is 17.7 Å². The molecule has 4 heteroatoms. The van der Waals surface area contributed by atoms with E-state index in [4.69, 9.17) is 4.74 Å². The number of carbonyl (C=O) groups is 1. The summed E-state index contributed by atoms with van der Waals surface area (Å²) in [7, 11) is 1.81. The number of hydrogen-bond donors (Lipinski definition) is 0. The molecule has 0 spiro atoms. The first-order valence-corrected chi connectivity index (χ1v) is 8.25. The van der Waals surface area contributed by atoms with Crippen LogP contribution in [0.3, 0.4) is 0 Å². The minimum Gasteiger partial charge on any atom is -0.492 e. The highest BCUT2D eigenvalue weighted by Crippen LogP contribution is 2.21. The summed E-state index contributed by atoms with van der Waals surface area (Å²) in [6.45, 7) is 3.15. The Labute approximate surface area is 136 Å². The van der Waals surface area contributed by atoms with Crippen molar-refractivity contribution in [2.75, 3.05) is 26.0 Å². The van der Waals surface area contributed by atoms with Crippen LogP contribution in [0, 0.1) is 6.92 Å². The van der Waals surface area contributed by atoms with Gasteiger partial charge in [-0.05, 0) is 30.7 Å². The second-order valence-corrected chi connectivity index (χ2v) is 6.05. The van der Waals surface area contributed by atoms with Crippen molar-refractivity contribution in [3.8, 4) is 5.75 Å². The number of hydrogen-bond acceptors (Lipinski definition) is 3. The Kier molecular flexibility index (Phi) is 6.34. The van der Waals surface area contributed by atoms with E-state index in [1.54, 1.807) is 16.7 Å². The summed E-state index contributed by atoms with van der Waals surface area (Å²) < 4.78 is 5.61.